The van der Waals surface area contributed by atoms with Gasteiger partial charge in [0.05, 0.1) is 40.2 Å². The van der Waals surface area contributed by atoms with Gasteiger partial charge in [-0.05, 0) is 60.2 Å². The highest BCUT2D eigenvalue weighted by molar-refractivity contribution is 14.1. The van der Waals surface area contributed by atoms with E-state index in [1.54, 1.807) is 12.1 Å². The summed E-state index contributed by atoms with van der Waals surface area (Å²) in [5.41, 5.74) is 5.60. The number of benzene rings is 3. The molecule has 0 saturated heterocycles. The largest absolute Gasteiger partial charge is 0.490 e. The van der Waals surface area contributed by atoms with Crippen molar-refractivity contribution < 1.29 is 23.8 Å². The molecule has 0 unspecified atom stereocenters. The van der Waals surface area contributed by atoms with Crippen molar-refractivity contribution in [3.05, 3.63) is 109 Å². The molecule has 0 saturated carbocycles. The summed E-state index contributed by atoms with van der Waals surface area (Å²) in [4.78, 5) is 26.8. The fourth-order valence-corrected chi connectivity index (χ4v) is 5.89. The molecule has 1 aliphatic heterocycles. The third kappa shape index (κ3) is 4.68. The Morgan fingerprint density at radius 2 is 1.79 bits per heavy atom. The van der Waals surface area contributed by atoms with E-state index in [9.17, 15) is 14.9 Å². The van der Waals surface area contributed by atoms with Gasteiger partial charge in [0.2, 0.25) is 0 Å². The minimum absolute atomic E-state index is 0.131. The zero-order valence-electron chi connectivity index (χ0n) is 21.6. The summed E-state index contributed by atoms with van der Waals surface area (Å²) in [5.74, 6) is -0.303. The normalized spacial score (nSPS) is 15.8. The molecular weight excluding hydrogens is 607 g/mol. The number of fused-ring (bicyclic) bond motifs is 2. The lowest BCUT2D eigenvalue weighted by molar-refractivity contribution is -0.136. The van der Waals surface area contributed by atoms with Gasteiger partial charge in [-0.25, -0.2) is 4.79 Å². The van der Waals surface area contributed by atoms with Crippen molar-refractivity contribution in [3.63, 3.8) is 0 Å². The average Bonchev–Trinajstić information content (AvgIpc) is 3.22. The van der Waals surface area contributed by atoms with Gasteiger partial charge in [-0.3, -0.25) is 4.79 Å². The van der Waals surface area contributed by atoms with E-state index >= 15 is 0 Å². The summed E-state index contributed by atoms with van der Waals surface area (Å²) in [7, 11) is 1.33. The van der Waals surface area contributed by atoms with Crippen molar-refractivity contribution in [2.75, 3.05) is 13.7 Å². The molecule has 0 fully saturated rings. The van der Waals surface area contributed by atoms with Crippen molar-refractivity contribution in [2.45, 2.75) is 26.4 Å². The number of Topliss-reactive ketones (excluding diaryl/α,β-unsaturated/α-hetero) is 1. The number of halogens is 1. The van der Waals surface area contributed by atoms with Gasteiger partial charge in [0.25, 0.3) is 0 Å². The van der Waals surface area contributed by atoms with Gasteiger partial charge in [-0.15, -0.1) is 0 Å². The quantitative estimate of drug-likeness (QED) is 0.257. The highest BCUT2D eigenvalue weighted by Crippen LogP contribution is 2.48. The van der Waals surface area contributed by atoms with Crippen LogP contribution < -0.4 is 14.8 Å². The lowest BCUT2D eigenvalue weighted by Crippen LogP contribution is -2.29. The minimum Gasteiger partial charge on any atom is -0.490 e. The molecule has 1 atom stereocenters. The molecular formula is C31H25IN2O5. The molecule has 196 valence electrons. The van der Waals surface area contributed by atoms with Crippen molar-refractivity contribution in [1.82, 2.24) is 5.32 Å². The van der Waals surface area contributed by atoms with Gasteiger partial charge in [0.1, 0.15) is 6.61 Å². The van der Waals surface area contributed by atoms with E-state index in [-0.39, 0.29) is 12.4 Å². The maximum absolute atomic E-state index is 13.7. The first-order valence-electron chi connectivity index (χ1n) is 12.4. The van der Waals surface area contributed by atoms with Crippen LogP contribution in [0.4, 0.5) is 0 Å². The third-order valence-corrected chi connectivity index (χ3v) is 7.63. The molecule has 7 nitrogen and oxygen atoms in total. The van der Waals surface area contributed by atoms with Crippen LogP contribution in [0.5, 0.6) is 11.5 Å². The van der Waals surface area contributed by atoms with E-state index in [4.69, 9.17) is 14.2 Å². The Hall–Kier alpha value is -4.10. The number of ether oxygens (including phenoxy) is 3. The van der Waals surface area contributed by atoms with Crippen molar-refractivity contribution in [2.24, 2.45) is 0 Å². The van der Waals surface area contributed by atoms with Crippen LogP contribution in [0.25, 0.3) is 5.70 Å². The van der Waals surface area contributed by atoms with Gasteiger partial charge in [0.15, 0.2) is 17.3 Å². The Morgan fingerprint density at radius 1 is 1.08 bits per heavy atom. The maximum Gasteiger partial charge on any atom is 0.336 e. The molecule has 0 radical (unpaired) electrons. The van der Waals surface area contributed by atoms with Crippen LogP contribution in [0.1, 0.15) is 52.4 Å². The Morgan fingerprint density at radius 3 is 2.51 bits per heavy atom. The van der Waals surface area contributed by atoms with E-state index in [1.807, 2.05) is 62.4 Å². The molecule has 3 aromatic carbocycles. The fraction of sp³-hybridized carbons (Fsp3) is 0.194. The Balaban J connectivity index is 1.62. The zero-order valence-corrected chi connectivity index (χ0v) is 23.8. The molecule has 0 aromatic heterocycles. The number of allylic oxidation sites excluding steroid dienone is 2. The SMILES string of the molecule is CCOc1cc([C@H]2C(C(=O)OC)=C(C)NC3=C2C(=O)c2ccccc23)cc(I)c1OCc1ccccc1C#N. The molecule has 0 bridgehead atoms. The van der Waals surface area contributed by atoms with Gasteiger partial charge in [0, 0.05) is 33.9 Å². The summed E-state index contributed by atoms with van der Waals surface area (Å²) in [6.45, 7) is 4.25. The summed E-state index contributed by atoms with van der Waals surface area (Å²) >= 11 is 2.17. The van der Waals surface area contributed by atoms with Crippen LogP contribution >= 0.6 is 22.6 Å². The number of nitrogens with one attached hydrogen (secondary N) is 1. The number of carbonyl (C=O) groups is 2. The van der Waals surface area contributed by atoms with Crippen LogP contribution in [0.3, 0.4) is 0 Å². The first-order chi connectivity index (χ1) is 18.9. The van der Waals surface area contributed by atoms with Crippen molar-refractivity contribution in [3.8, 4) is 17.6 Å². The van der Waals surface area contributed by atoms with E-state index in [1.165, 1.54) is 7.11 Å². The lowest BCUT2D eigenvalue weighted by Gasteiger charge is -2.29. The molecule has 1 aliphatic carbocycles. The number of rotatable bonds is 7. The van der Waals surface area contributed by atoms with Crippen LogP contribution in [0, 0.1) is 14.9 Å². The third-order valence-electron chi connectivity index (χ3n) is 6.83. The molecule has 0 spiro atoms. The van der Waals surface area contributed by atoms with E-state index < -0.39 is 11.9 Å². The van der Waals surface area contributed by atoms with Crippen LogP contribution in [0.2, 0.25) is 0 Å². The molecule has 2 aliphatic rings. The second-order valence-corrected chi connectivity index (χ2v) is 10.2. The summed E-state index contributed by atoms with van der Waals surface area (Å²) in [6.07, 6.45) is 0. The molecule has 5 rings (SSSR count). The van der Waals surface area contributed by atoms with Crippen LogP contribution in [0.15, 0.2) is 77.5 Å². The Bertz CT molecular complexity index is 1620. The smallest absolute Gasteiger partial charge is 0.336 e. The number of methoxy groups -OCH3 is 1. The van der Waals surface area contributed by atoms with E-state index in [2.05, 4.69) is 34.0 Å². The Labute approximate surface area is 240 Å². The second-order valence-electron chi connectivity index (χ2n) is 9.07. The van der Waals surface area contributed by atoms with Crippen LogP contribution in [-0.2, 0) is 16.1 Å². The highest BCUT2D eigenvalue weighted by Gasteiger charge is 2.43. The second kappa shape index (κ2) is 10.9. The highest BCUT2D eigenvalue weighted by atomic mass is 127. The number of carbonyl (C=O) groups excluding carboxylic acids is 2. The number of nitrogens with zero attached hydrogens (tertiary/aromatic N) is 1. The molecule has 1 N–H and O–H groups in total. The van der Waals surface area contributed by atoms with E-state index in [0.717, 1.165) is 14.7 Å². The average molecular weight is 632 g/mol. The zero-order chi connectivity index (χ0) is 27.7. The first kappa shape index (κ1) is 26.5. The van der Waals surface area contributed by atoms with Gasteiger partial charge >= 0.3 is 5.97 Å². The Kier molecular flexibility index (Phi) is 7.44. The molecule has 1 heterocycles. The first-order valence-corrected chi connectivity index (χ1v) is 13.5. The number of hydrogen-bond donors (Lipinski definition) is 1. The standard InChI is InChI=1S/C31H25IN2O5/c1-4-38-24-14-20(13-23(32)30(24)39-16-19-10-6-5-9-18(19)15-33)26-25(31(36)37-3)17(2)34-28-21-11-7-8-12-22(21)29(35)27(26)28/h5-14,26,34H,4,16H2,1-3H3/t26-/m0/s1. The summed E-state index contributed by atoms with van der Waals surface area (Å²) < 4.78 is 18.1. The number of dihydropyridines is 1. The summed E-state index contributed by atoms with van der Waals surface area (Å²) in [6, 6.07) is 20.6. The fourth-order valence-electron chi connectivity index (χ4n) is 5.11. The monoisotopic (exact) mass is 632 g/mol. The predicted octanol–water partition coefficient (Wildman–Crippen LogP) is 5.88. The van der Waals surface area contributed by atoms with Crippen LogP contribution in [-0.4, -0.2) is 25.5 Å². The minimum atomic E-state index is -0.672. The molecule has 0 amide bonds. The predicted molar refractivity (Wildman–Crippen MR) is 154 cm³/mol. The van der Waals surface area contributed by atoms with Gasteiger partial charge in [-0.1, -0.05) is 42.5 Å². The van der Waals surface area contributed by atoms with E-state index in [0.29, 0.717) is 57.3 Å². The maximum atomic E-state index is 13.7. The topological polar surface area (TPSA) is 97.7 Å². The lowest BCUT2D eigenvalue weighted by atomic mass is 9.79. The van der Waals surface area contributed by atoms with Gasteiger partial charge in [-0.2, -0.15) is 5.26 Å². The molecule has 8 heteroatoms. The summed E-state index contributed by atoms with van der Waals surface area (Å²) in [5, 5.41) is 12.7. The molecule has 39 heavy (non-hydrogen) atoms. The van der Waals surface area contributed by atoms with Crippen molar-refractivity contribution >= 4 is 40.0 Å². The number of ketones is 1. The molecule has 3 aromatic rings. The number of hydrogen-bond acceptors (Lipinski definition) is 7. The number of esters is 1. The van der Waals surface area contributed by atoms with Gasteiger partial charge < -0.3 is 19.5 Å². The number of nitriles is 1. The van der Waals surface area contributed by atoms with Crippen molar-refractivity contribution in [1.29, 1.82) is 5.26 Å².